The van der Waals surface area contributed by atoms with Crippen molar-refractivity contribution in [3.8, 4) is 0 Å². The van der Waals surface area contributed by atoms with E-state index in [4.69, 9.17) is 4.74 Å². The van der Waals surface area contributed by atoms with Crippen LogP contribution in [0.5, 0.6) is 0 Å². The van der Waals surface area contributed by atoms with Crippen LogP contribution in [-0.2, 0) is 9.53 Å². The van der Waals surface area contributed by atoms with Gasteiger partial charge in [0.2, 0.25) is 0 Å². The molecular weight excluding hydrogens is 274 g/mol. The monoisotopic (exact) mass is 301 g/mol. The molecule has 3 nitrogen and oxygen atoms in total. The van der Waals surface area contributed by atoms with Crippen LogP contribution in [-0.4, -0.2) is 23.7 Å². The van der Waals surface area contributed by atoms with Crippen LogP contribution in [0.25, 0.3) is 6.08 Å². The van der Waals surface area contributed by atoms with E-state index in [-0.39, 0.29) is 17.6 Å². The lowest BCUT2D eigenvalue weighted by molar-refractivity contribution is -0.134. The zero-order chi connectivity index (χ0) is 16.0. The molecule has 1 aliphatic rings. The Labute approximate surface area is 133 Å². The standard InChI is InChI=1S/C19H27NO2/c1-19(2,3)20-18(21)17(22-16-11-7-8-12-16)14-13-15-9-5-4-6-10-15/h4-6,9-10,13-14,16-17H,7-8,11-12H2,1-3H3,(H,20,21)/b14-13+. The maximum absolute atomic E-state index is 12.5. The number of benzene rings is 1. The highest BCUT2D eigenvalue weighted by Crippen LogP contribution is 2.23. The van der Waals surface area contributed by atoms with Gasteiger partial charge in [-0.05, 0) is 45.3 Å². The molecule has 0 saturated heterocycles. The van der Waals surface area contributed by atoms with E-state index in [0.29, 0.717) is 0 Å². The number of carbonyl (C=O) groups is 1. The maximum Gasteiger partial charge on any atom is 0.253 e. The molecule has 1 saturated carbocycles. The summed E-state index contributed by atoms with van der Waals surface area (Å²) in [4.78, 5) is 12.5. The predicted molar refractivity (Wildman–Crippen MR) is 90.5 cm³/mol. The number of ether oxygens (including phenoxy) is 1. The molecule has 120 valence electrons. The lowest BCUT2D eigenvalue weighted by Crippen LogP contribution is -2.46. The van der Waals surface area contributed by atoms with Crippen LogP contribution in [0.2, 0.25) is 0 Å². The summed E-state index contributed by atoms with van der Waals surface area (Å²) >= 11 is 0. The van der Waals surface area contributed by atoms with Crippen molar-refractivity contribution < 1.29 is 9.53 Å². The van der Waals surface area contributed by atoms with Crippen molar-refractivity contribution in [1.82, 2.24) is 5.32 Å². The molecule has 0 spiro atoms. The summed E-state index contributed by atoms with van der Waals surface area (Å²) in [6.45, 7) is 5.95. The number of nitrogens with one attached hydrogen (secondary N) is 1. The van der Waals surface area contributed by atoms with Crippen LogP contribution in [0.15, 0.2) is 36.4 Å². The second kappa shape index (κ2) is 7.59. The van der Waals surface area contributed by atoms with Crippen molar-refractivity contribution in [2.75, 3.05) is 0 Å². The van der Waals surface area contributed by atoms with Gasteiger partial charge < -0.3 is 10.1 Å². The van der Waals surface area contributed by atoms with Crippen LogP contribution >= 0.6 is 0 Å². The summed E-state index contributed by atoms with van der Waals surface area (Å²) in [6, 6.07) is 10.00. The molecule has 3 heteroatoms. The molecule has 1 unspecified atom stereocenters. The Balaban J connectivity index is 2.06. The molecule has 1 atom stereocenters. The minimum absolute atomic E-state index is 0.0634. The van der Waals surface area contributed by atoms with E-state index in [1.807, 2.05) is 63.3 Å². The Kier molecular flexibility index (Phi) is 5.78. The molecule has 1 aromatic rings. The summed E-state index contributed by atoms with van der Waals surface area (Å²) in [7, 11) is 0. The summed E-state index contributed by atoms with van der Waals surface area (Å²) in [5, 5.41) is 3.01. The highest BCUT2D eigenvalue weighted by molar-refractivity contribution is 5.84. The Hall–Kier alpha value is -1.61. The first kappa shape index (κ1) is 16.8. The fourth-order valence-corrected chi connectivity index (χ4v) is 2.63. The van der Waals surface area contributed by atoms with Crippen LogP contribution in [0, 0.1) is 0 Å². The van der Waals surface area contributed by atoms with Crippen LogP contribution in [0.4, 0.5) is 0 Å². The number of rotatable bonds is 5. The first-order chi connectivity index (χ1) is 10.4. The molecule has 2 rings (SSSR count). The Morgan fingerprint density at radius 2 is 1.86 bits per heavy atom. The van der Waals surface area contributed by atoms with Gasteiger partial charge in [0.15, 0.2) is 6.10 Å². The zero-order valence-corrected chi connectivity index (χ0v) is 13.8. The molecule has 1 fully saturated rings. The Morgan fingerprint density at radius 3 is 2.45 bits per heavy atom. The molecule has 1 N–H and O–H groups in total. The SMILES string of the molecule is CC(C)(C)NC(=O)C(/C=C/c1ccccc1)OC1CCCC1. The van der Waals surface area contributed by atoms with E-state index >= 15 is 0 Å². The molecule has 0 heterocycles. The summed E-state index contributed by atoms with van der Waals surface area (Å²) < 4.78 is 6.04. The quantitative estimate of drug-likeness (QED) is 0.894. The number of amides is 1. The fraction of sp³-hybridized carbons (Fsp3) is 0.526. The molecule has 0 aliphatic heterocycles. The van der Waals surface area contributed by atoms with Gasteiger partial charge in [-0.25, -0.2) is 0 Å². The molecular formula is C19H27NO2. The minimum atomic E-state index is -0.525. The maximum atomic E-state index is 12.5. The molecule has 0 aromatic heterocycles. The van der Waals surface area contributed by atoms with Crippen LogP contribution in [0.1, 0.15) is 52.0 Å². The minimum Gasteiger partial charge on any atom is -0.361 e. The van der Waals surface area contributed by atoms with Gasteiger partial charge in [-0.2, -0.15) is 0 Å². The highest BCUT2D eigenvalue weighted by atomic mass is 16.5. The van der Waals surface area contributed by atoms with E-state index in [0.717, 1.165) is 18.4 Å². The molecule has 1 aliphatic carbocycles. The Bertz CT molecular complexity index is 496. The van der Waals surface area contributed by atoms with Gasteiger partial charge in [0.25, 0.3) is 5.91 Å². The van der Waals surface area contributed by atoms with E-state index < -0.39 is 6.10 Å². The predicted octanol–water partition coefficient (Wildman–Crippen LogP) is 3.94. The number of hydrogen-bond donors (Lipinski definition) is 1. The lowest BCUT2D eigenvalue weighted by atomic mass is 10.1. The highest BCUT2D eigenvalue weighted by Gasteiger charge is 2.26. The Morgan fingerprint density at radius 1 is 1.23 bits per heavy atom. The normalized spacial score (nSPS) is 17.8. The average Bonchev–Trinajstić information content (AvgIpc) is 2.95. The van der Waals surface area contributed by atoms with Crippen molar-refractivity contribution in [3.63, 3.8) is 0 Å². The smallest absolute Gasteiger partial charge is 0.253 e. The van der Waals surface area contributed by atoms with E-state index in [1.54, 1.807) is 0 Å². The second-order valence-corrected chi connectivity index (χ2v) is 6.97. The van der Waals surface area contributed by atoms with Crippen LogP contribution < -0.4 is 5.32 Å². The van der Waals surface area contributed by atoms with Gasteiger partial charge in [-0.15, -0.1) is 0 Å². The van der Waals surface area contributed by atoms with E-state index in [2.05, 4.69) is 5.32 Å². The van der Waals surface area contributed by atoms with Gasteiger partial charge in [-0.1, -0.05) is 49.2 Å². The topological polar surface area (TPSA) is 38.3 Å². The van der Waals surface area contributed by atoms with Crippen molar-refractivity contribution in [2.45, 2.75) is 64.2 Å². The van der Waals surface area contributed by atoms with Gasteiger partial charge >= 0.3 is 0 Å². The largest absolute Gasteiger partial charge is 0.361 e. The average molecular weight is 301 g/mol. The van der Waals surface area contributed by atoms with E-state index in [1.165, 1.54) is 12.8 Å². The first-order valence-corrected chi connectivity index (χ1v) is 8.15. The van der Waals surface area contributed by atoms with Crippen LogP contribution in [0.3, 0.4) is 0 Å². The van der Waals surface area contributed by atoms with Crippen molar-refractivity contribution in [1.29, 1.82) is 0 Å². The summed E-state index contributed by atoms with van der Waals surface area (Å²) in [6.07, 6.45) is 8.01. The molecule has 1 amide bonds. The first-order valence-electron chi connectivity index (χ1n) is 8.15. The number of carbonyl (C=O) groups excluding carboxylic acids is 1. The van der Waals surface area contributed by atoms with Crippen molar-refractivity contribution >= 4 is 12.0 Å². The third-order valence-corrected chi connectivity index (χ3v) is 3.66. The third kappa shape index (κ3) is 5.64. The van der Waals surface area contributed by atoms with Crippen molar-refractivity contribution in [3.05, 3.63) is 42.0 Å². The van der Waals surface area contributed by atoms with Gasteiger partial charge in [-0.3, -0.25) is 4.79 Å². The second-order valence-electron chi connectivity index (χ2n) is 6.97. The fourth-order valence-electron chi connectivity index (χ4n) is 2.63. The van der Waals surface area contributed by atoms with E-state index in [9.17, 15) is 4.79 Å². The number of hydrogen-bond acceptors (Lipinski definition) is 2. The molecule has 0 bridgehead atoms. The summed E-state index contributed by atoms with van der Waals surface area (Å²) in [5.74, 6) is -0.0634. The van der Waals surface area contributed by atoms with Gasteiger partial charge in [0, 0.05) is 5.54 Å². The zero-order valence-electron chi connectivity index (χ0n) is 13.8. The summed E-state index contributed by atoms with van der Waals surface area (Å²) in [5.41, 5.74) is 0.820. The van der Waals surface area contributed by atoms with Gasteiger partial charge in [0.1, 0.15) is 0 Å². The molecule has 0 radical (unpaired) electrons. The lowest BCUT2D eigenvalue weighted by Gasteiger charge is -2.25. The van der Waals surface area contributed by atoms with Gasteiger partial charge in [0.05, 0.1) is 6.10 Å². The third-order valence-electron chi connectivity index (χ3n) is 3.66. The van der Waals surface area contributed by atoms with Crippen molar-refractivity contribution in [2.24, 2.45) is 0 Å². The molecule has 1 aromatic carbocycles. The molecule has 22 heavy (non-hydrogen) atoms.